The largest absolute Gasteiger partial charge is 0.385 e. The molecule has 1 aromatic carbocycles. The number of hydrogen-bond acceptors (Lipinski definition) is 3. The van der Waals surface area contributed by atoms with E-state index in [9.17, 15) is 35.5 Å². The summed E-state index contributed by atoms with van der Waals surface area (Å²) in [4.78, 5) is 0. The molecular weight excluding hydrogens is 331 g/mol. The molecule has 2 bridgehead atoms. The number of benzene rings is 1. The summed E-state index contributed by atoms with van der Waals surface area (Å²) in [6.07, 6.45) is -0.760. The Morgan fingerprint density at radius 1 is 0.818 bits per heavy atom. The van der Waals surface area contributed by atoms with E-state index < -0.39 is 73.4 Å². The van der Waals surface area contributed by atoms with Gasteiger partial charge in [-0.05, 0) is 25.7 Å². The van der Waals surface area contributed by atoms with Crippen LogP contribution in [0.1, 0.15) is 31.2 Å². The summed E-state index contributed by atoms with van der Waals surface area (Å²) in [5.74, 6) is -10.8. The van der Waals surface area contributed by atoms with E-state index in [2.05, 4.69) is 0 Å². The van der Waals surface area contributed by atoms with Crippen LogP contribution in [-0.4, -0.2) is 24.0 Å². The van der Waals surface area contributed by atoms with Gasteiger partial charge in [0.15, 0.2) is 33.1 Å². The van der Waals surface area contributed by atoms with Crippen molar-refractivity contribution < 1.29 is 35.5 Å². The van der Waals surface area contributed by atoms with Crippen molar-refractivity contribution in [2.45, 2.75) is 41.8 Å². The van der Waals surface area contributed by atoms with Crippen LogP contribution in [0.3, 0.4) is 0 Å². The molecule has 2 unspecified atom stereocenters. The van der Waals surface area contributed by atoms with Crippen LogP contribution in [0.5, 0.6) is 0 Å². The fourth-order valence-electron chi connectivity index (χ4n) is 3.46. The predicted molar refractivity (Wildman–Crippen MR) is 65.1 cm³/mol. The molecule has 1 N–H and O–H groups in total. The highest BCUT2D eigenvalue weighted by molar-refractivity contribution is 7.93. The summed E-state index contributed by atoms with van der Waals surface area (Å²) in [7, 11) is -3.53. The summed E-state index contributed by atoms with van der Waals surface area (Å²) in [6.45, 7) is 0. The van der Waals surface area contributed by atoms with Crippen molar-refractivity contribution in [3.63, 3.8) is 0 Å². The Balaban J connectivity index is 2.17. The van der Waals surface area contributed by atoms with Gasteiger partial charge in [0.2, 0.25) is 5.82 Å². The Hall–Kier alpha value is -1.22. The van der Waals surface area contributed by atoms with Crippen molar-refractivity contribution in [2.24, 2.45) is 0 Å². The van der Waals surface area contributed by atoms with E-state index in [0.29, 0.717) is 0 Å². The van der Waals surface area contributed by atoms with Crippen molar-refractivity contribution in [3.05, 3.63) is 34.6 Å². The maximum absolute atomic E-state index is 13.9. The smallest absolute Gasteiger partial charge is 0.200 e. The standard InChI is InChI=1S/C13H11F5O3S/c14-8-7(9(15)11(17)12(18)10(8)16)13(19)3-5-1-2-6(4-13)22(5,20)21/h5-6,19H,1-4H2. The van der Waals surface area contributed by atoms with Crippen molar-refractivity contribution in [1.29, 1.82) is 0 Å². The molecule has 2 saturated heterocycles. The number of sulfone groups is 1. The highest BCUT2D eigenvalue weighted by Gasteiger charge is 2.55. The quantitative estimate of drug-likeness (QED) is 0.484. The van der Waals surface area contributed by atoms with Crippen LogP contribution in [0, 0.1) is 29.1 Å². The maximum atomic E-state index is 13.9. The van der Waals surface area contributed by atoms with Gasteiger partial charge in [-0.2, -0.15) is 0 Å². The minimum Gasteiger partial charge on any atom is -0.385 e. The van der Waals surface area contributed by atoms with Crippen molar-refractivity contribution >= 4 is 9.84 Å². The Morgan fingerprint density at radius 3 is 1.59 bits per heavy atom. The number of hydrogen-bond donors (Lipinski definition) is 1. The fourth-order valence-corrected chi connectivity index (χ4v) is 5.95. The highest BCUT2D eigenvalue weighted by Crippen LogP contribution is 2.49. The molecule has 2 aliphatic rings. The van der Waals surface area contributed by atoms with E-state index in [0.717, 1.165) is 0 Å². The molecule has 0 saturated carbocycles. The Labute approximate surface area is 122 Å². The molecule has 0 aromatic heterocycles. The van der Waals surface area contributed by atoms with Gasteiger partial charge in [0.05, 0.1) is 21.7 Å². The van der Waals surface area contributed by atoms with Crippen LogP contribution in [0.15, 0.2) is 0 Å². The van der Waals surface area contributed by atoms with Gasteiger partial charge in [-0.1, -0.05) is 0 Å². The lowest BCUT2D eigenvalue weighted by atomic mass is 9.85. The van der Waals surface area contributed by atoms with E-state index >= 15 is 0 Å². The molecule has 122 valence electrons. The molecule has 3 rings (SSSR count). The van der Waals surface area contributed by atoms with Gasteiger partial charge in [-0.3, -0.25) is 0 Å². The molecule has 2 atom stereocenters. The second kappa shape index (κ2) is 4.64. The first-order valence-corrected chi connectivity index (χ1v) is 8.17. The third-order valence-electron chi connectivity index (χ3n) is 4.55. The van der Waals surface area contributed by atoms with Crippen LogP contribution < -0.4 is 0 Å². The van der Waals surface area contributed by atoms with Crippen LogP contribution >= 0.6 is 0 Å². The Kier molecular flexibility index (Phi) is 3.30. The predicted octanol–water partition coefficient (Wildman–Crippen LogP) is 2.31. The lowest BCUT2D eigenvalue weighted by Crippen LogP contribution is -2.44. The monoisotopic (exact) mass is 342 g/mol. The lowest BCUT2D eigenvalue weighted by Gasteiger charge is -2.36. The third-order valence-corrected chi connectivity index (χ3v) is 7.21. The van der Waals surface area contributed by atoms with E-state index in [1.165, 1.54) is 0 Å². The van der Waals surface area contributed by atoms with E-state index in [-0.39, 0.29) is 12.8 Å². The topological polar surface area (TPSA) is 54.4 Å². The van der Waals surface area contributed by atoms with Crippen LogP contribution in [-0.2, 0) is 15.4 Å². The summed E-state index contributed by atoms with van der Waals surface area (Å²) in [6, 6.07) is 0. The van der Waals surface area contributed by atoms with Gasteiger partial charge in [-0.15, -0.1) is 0 Å². The second-order valence-corrected chi connectivity index (χ2v) is 8.31. The number of rotatable bonds is 1. The molecule has 2 aliphatic heterocycles. The molecule has 1 aromatic rings. The average molecular weight is 342 g/mol. The first-order valence-electron chi connectivity index (χ1n) is 6.56. The molecule has 0 amide bonds. The van der Waals surface area contributed by atoms with E-state index in [1.807, 2.05) is 0 Å². The van der Waals surface area contributed by atoms with Gasteiger partial charge in [0.25, 0.3) is 0 Å². The average Bonchev–Trinajstić information content (AvgIpc) is 2.63. The second-order valence-electron chi connectivity index (χ2n) is 5.80. The van der Waals surface area contributed by atoms with Gasteiger partial charge in [0.1, 0.15) is 0 Å². The van der Waals surface area contributed by atoms with Crippen molar-refractivity contribution in [2.75, 3.05) is 0 Å². The SMILES string of the molecule is O=S1(=O)C2CCC1CC(O)(c1c(F)c(F)c(F)c(F)c1F)C2. The van der Waals surface area contributed by atoms with Crippen LogP contribution in [0.25, 0.3) is 0 Å². The molecule has 9 heteroatoms. The molecule has 0 spiro atoms. The first-order chi connectivity index (χ1) is 10.1. The summed E-state index contributed by atoms with van der Waals surface area (Å²) < 4.78 is 91.3. The highest BCUT2D eigenvalue weighted by atomic mass is 32.2. The zero-order valence-corrected chi connectivity index (χ0v) is 11.9. The molecule has 0 aliphatic carbocycles. The van der Waals surface area contributed by atoms with Crippen molar-refractivity contribution in [1.82, 2.24) is 0 Å². The van der Waals surface area contributed by atoms with Gasteiger partial charge < -0.3 is 5.11 Å². The summed E-state index contributed by atoms with van der Waals surface area (Å²) in [5.41, 5.74) is -3.73. The van der Waals surface area contributed by atoms with E-state index in [1.54, 1.807) is 0 Å². The Morgan fingerprint density at radius 2 is 1.18 bits per heavy atom. The molecule has 2 fully saturated rings. The van der Waals surface area contributed by atoms with Gasteiger partial charge in [0, 0.05) is 0 Å². The third kappa shape index (κ3) is 1.91. The molecule has 0 radical (unpaired) electrons. The molecule has 22 heavy (non-hydrogen) atoms. The minimum absolute atomic E-state index is 0.199. The Bertz CT molecular complexity index is 712. The molecule has 2 heterocycles. The zero-order chi connectivity index (χ0) is 16.4. The number of fused-ring (bicyclic) bond motifs is 2. The summed E-state index contributed by atoms with van der Waals surface area (Å²) in [5, 5.41) is 8.39. The van der Waals surface area contributed by atoms with Gasteiger partial charge >= 0.3 is 0 Å². The van der Waals surface area contributed by atoms with Crippen molar-refractivity contribution in [3.8, 4) is 0 Å². The fraction of sp³-hybridized carbons (Fsp3) is 0.538. The first kappa shape index (κ1) is 15.7. The molecule has 3 nitrogen and oxygen atoms in total. The minimum atomic E-state index is -3.53. The van der Waals surface area contributed by atoms with Crippen LogP contribution in [0.4, 0.5) is 22.0 Å². The summed E-state index contributed by atoms with van der Waals surface area (Å²) >= 11 is 0. The molecular formula is C13H11F5O3S. The normalized spacial score (nSPS) is 33.2. The maximum Gasteiger partial charge on any atom is 0.200 e. The van der Waals surface area contributed by atoms with E-state index in [4.69, 9.17) is 0 Å². The number of halogens is 5. The zero-order valence-electron chi connectivity index (χ0n) is 11.0. The van der Waals surface area contributed by atoms with Crippen LogP contribution in [0.2, 0.25) is 0 Å². The lowest BCUT2D eigenvalue weighted by molar-refractivity contribution is 0.00859. The number of aliphatic hydroxyl groups is 1. The van der Waals surface area contributed by atoms with Gasteiger partial charge in [-0.25, -0.2) is 30.4 Å².